The number of benzene rings is 3. The summed E-state index contributed by atoms with van der Waals surface area (Å²) in [6.45, 7) is 3.93. The molecule has 0 fully saturated rings. The zero-order chi connectivity index (χ0) is 23.7. The first kappa shape index (κ1) is 21.8. The van der Waals surface area contributed by atoms with Crippen molar-refractivity contribution in [2.24, 2.45) is 0 Å². The Bertz CT molecular complexity index is 1600. The van der Waals surface area contributed by atoms with E-state index in [1.165, 1.54) is 11.8 Å². The van der Waals surface area contributed by atoms with Gasteiger partial charge in [-0.2, -0.15) is 14.6 Å². The van der Waals surface area contributed by atoms with E-state index in [1.54, 1.807) is 4.52 Å². The Labute approximate surface area is 199 Å². The summed E-state index contributed by atoms with van der Waals surface area (Å²) in [7, 11) is 0. The maximum Gasteiger partial charge on any atom is 0.300 e. The highest BCUT2D eigenvalue weighted by molar-refractivity contribution is 7.99. The van der Waals surface area contributed by atoms with E-state index >= 15 is 0 Å². The third kappa shape index (κ3) is 4.27. The lowest BCUT2D eigenvalue weighted by Gasteiger charge is -2.11. The van der Waals surface area contributed by atoms with Crippen molar-refractivity contribution in [3.63, 3.8) is 0 Å². The van der Waals surface area contributed by atoms with E-state index in [0.29, 0.717) is 21.9 Å². The lowest BCUT2D eigenvalue weighted by atomic mass is 10.1. The van der Waals surface area contributed by atoms with E-state index < -0.39 is 5.56 Å². The standard InChI is InChI=1S/C26H21N5O2S/c1-16-11-13-18(14-12-16)23-25(33)29-24-19-8-4-6-10-21(19)28-26(31(24)30-23)34-15-22(32)27-20-9-5-3-7-17(20)2/h3-14H,15H2,1-2H3,(H,27,32). The summed E-state index contributed by atoms with van der Waals surface area (Å²) < 4.78 is 1.56. The number of aromatic nitrogens is 4. The molecule has 2 heterocycles. The van der Waals surface area contributed by atoms with Crippen LogP contribution in [0.5, 0.6) is 0 Å². The zero-order valence-electron chi connectivity index (χ0n) is 18.6. The number of nitrogens with zero attached hydrogens (tertiary/aromatic N) is 4. The minimum absolute atomic E-state index is 0.127. The van der Waals surface area contributed by atoms with Gasteiger partial charge in [-0.3, -0.25) is 9.59 Å². The normalized spacial score (nSPS) is 11.1. The maximum atomic E-state index is 12.9. The number of hydrogen-bond acceptors (Lipinski definition) is 6. The van der Waals surface area contributed by atoms with Crippen LogP contribution in [-0.2, 0) is 4.79 Å². The van der Waals surface area contributed by atoms with Crippen molar-refractivity contribution in [3.05, 3.63) is 94.3 Å². The second kappa shape index (κ2) is 9.07. The first-order chi connectivity index (χ1) is 16.5. The smallest absolute Gasteiger partial charge is 0.300 e. The molecular formula is C26H21N5O2S. The Morgan fingerprint density at radius 3 is 2.47 bits per heavy atom. The molecule has 0 atom stereocenters. The Morgan fingerprint density at radius 2 is 1.68 bits per heavy atom. The summed E-state index contributed by atoms with van der Waals surface area (Å²) in [5, 5.41) is 8.76. The molecule has 3 aromatic carbocycles. The van der Waals surface area contributed by atoms with Gasteiger partial charge in [0.25, 0.3) is 5.56 Å². The van der Waals surface area contributed by atoms with Gasteiger partial charge < -0.3 is 5.32 Å². The molecule has 1 amide bonds. The number of anilines is 1. The molecule has 0 aliphatic carbocycles. The Morgan fingerprint density at radius 1 is 0.941 bits per heavy atom. The molecule has 8 heteroatoms. The highest BCUT2D eigenvalue weighted by atomic mass is 32.2. The van der Waals surface area contributed by atoms with E-state index in [0.717, 1.165) is 22.2 Å². The number of rotatable bonds is 5. The van der Waals surface area contributed by atoms with Crippen LogP contribution in [0.4, 0.5) is 5.69 Å². The lowest BCUT2D eigenvalue weighted by Crippen LogP contribution is -2.19. The van der Waals surface area contributed by atoms with Crippen LogP contribution in [-0.4, -0.2) is 31.2 Å². The minimum atomic E-state index is -0.409. The van der Waals surface area contributed by atoms with Crippen LogP contribution in [0, 0.1) is 13.8 Å². The summed E-state index contributed by atoms with van der Waals surface area (Å²) in [6, 6.07) is 22.6. The number of hydrogen-bond donors (Lipinski definition) is 1. The summed E-state index contributed by atoms with van der Waals surface area (Å²) in [6.07, 6.45) is 0. The Balaban J connectivity index is 1.56. The molecule has 168 valence electrons. The molecule has 0 radical (unpaired) electrons. The number of carbonyl (C=O) groups is 1. The van der Waals surface area contributed by atoms with E-state index in [1.807, 2.05) is 86.6 Å². The monoisotopic (exact) mass is 467 g/mol. The topological polar surface area (TPSA) is 89.2 Å². The van der Waals surface area contributed by atoms with Crippen molar-refractivity contribution in [1.82, 2.24) is 19.6 Å². The number of carbonyl (C=O) groups excluding carboxylic acids is 1. The van der Waals surface area contributed by atoms with Crippen molar-refractivity contribution < 1.29 is 4.79 Å². The van der Waals surface area contributed by atoms with E-state index in [2.05, 4.69) is 15.4 Å². The summed E-state index contributed by atoms with van der Waals surface area (Å²) in [5.74, 6) is -0.0298. The molecule has 0 saturated carbocycles. The van der Waals surface area contributed by atoms with Crippen LogP contribution in [0.3, 0.4) is 0 Å². The maximum absolute atomic E-state index is 12.9. The summed E-state index contributed by atoms with van der Waals surface area (Å²) in [4.78, 5) is 34.6. The largest absolute Gasteiger partial charge is 0.325 e. The number of fused-ring (bicyclic) bond motifs is 3. The van der Waals surface area contributed by atoms with Gasteiger partial charge in [0.1, 0.15) is 0 Å². The molecule has 0 unspecified atom stereocenters. The summed E-state index contributed by atoms with van der Waals surface area (Å²) in [5.41, 5.74) is 4.44. The van der Waals surface area contributed by atoms with Gasteiger partial charge >= 0.3 is 0 Å². The number of aryl methyl sites for hydroxylation is 2. The van der Waals surface area contributed by atoms with Crippen molar-refractivity contribution in [3.8, 4) is 11.3 Å². The van der Waals surface area contributed by atoms with Gasteiger partial charge in [0.15, 0.2) is 16.5 Å². The van der Waals surface area contributed by atoms with Crippen molar-refractivity contribution in [2.75, 3.05) is 11.1 Å². The molecule has 0 bridgehead atoms. The first-order valence-electron chi connectivity index (χ1n) is 10.7. The van der Waals surface area contributed by atoms with Crippen LogP contribution in [0.25, 0.3) is 27.8 Å². The fourth-order valence-corrected chi connectivity index (χ4v) is 4.37. The molecule has 0 spiro atoms. The van der Waals surface area contributed by atoms with E-state index in [4.69, 9.17) is 4.98 Å². The average Bonchev–Trinajstić information content (AvgIpc) is 2.84. The van der Waals surface area contributed by atoms with Gasteiger partial charge in [0.05, 0.1) is 11.3 Å². The van der Waals surface area contributed by atoms with Gasteiger partial charge in [0, 0.05) is 16.6 Å². The number of para-hydroxylation sites is 2. The number of thioether (sulfide) groups is 1. The second-order valence-corrected chi connectivity index (χ2v) is 8.87. The molecule has 7 nitrogen and oxygen atoms in total. The molecule has 0 saturated heterocycles. The molecule has 5 rings (SSSR count). The van der Waals surface area contributed by atoms with Crippen LogP contribution >= 0.6 is 11.8 Å². The molecule has 0 aliphatic rings. The second-order valence-electron chi connectivity index (χ2n) is 7.93. The fraction of sp³-hybridized carbons (Fsp3) is 0.115. The molecule has 0 aliphatic heterocycles. The van der Waals surface area contributed by atoms with Gasteiger partial charge in [0.2, 0.25) is 5.91 Å². The van der Waals surface area contributed by atoms with Crippen LogP contribution in [0.2, 0.25) is 0 Å². The zero-order valence-corrected chi connectivity index (χ0v) is 19.5. The van der Waals surface area contributed by atoms with E-state index in [-0.39, 0.29) is 17.4 Å². The molecule has 5 aromatic rings. The Hall–Kier alpha value is -4.04. The van der Waals surface area contributed by atoms with Gasteiger partial charge in [-0.15, -0.1) is 0 Å². The minimum Gasteiger partial charge on any atom is -0.325 e. The predicted octanol–water partition coefficient (Wildman–Crippen LogP) is 4.65. The molecule has 34 heavy (non-hydrogen) atoms. The predicted molar refractivity (Wildman–Crippen MR) is 135 cm³/mol. The van der Waals surface area contributed by atoms with E-state index in [9.17, 15) is 9.59 Å². The van der Waals surface area contributed by atoms with Gasteiger partial charge in [-0.25, -0.2) is 4.98 Å². The SMILES string of the molecule is Cc1ccc(-c2nn3c(SCC(=O)Nc4ccccc4C)nc4ccccc4c3nc2=O)cc1. The molecular weight excluding hydrogens is 446 g/mol. The van der Waals surface area contributed by atoms with Crippen molar-refractivity contribution in [1.29, 1.82) is 0 Å². The van der Waals surface area contributed by atoms with Gasteiger partial charge in [-0.05, 0) is 37.6 Å². The van der Waals surface area contributed by atoms with Crippen LogP contribution in [0.1, 0.15) is 11.1 Å². The fourth-order valence-electron chi connectivity index (χ4n) is 3.62. The Kier molecular flexibility index (Phi) is 5.81. The highest BCUT2D eigenvalue weighted by Crippen LogP contribution is 2.24. The number of amides is 1. The number of nitrogens with one attached hydrogen (secondary N) is 1. The first-order valence-corrected chi connectivity index (χ1v) is 11.7. The van der Waals surface area contributed by atoms with Gasteiger partial charge in [-0.1, -0.05) is 71.9 Å². The van der Waals surface area contributed by atoms with Crippen LogP contribution < -0.4 is 10.9 Å². The molecule has 2 aromatic heterocycles. The average molecular weight is 468 g/mol. The quantitative estimate of drug-likeness (QED) is 0.230. The lowest BCUT2D eigenvalue weighted by molar-refractivity contribution is -0.113. The third-order valence-electron chi connectivity index (χ3n) is 5.43. The van der Waals surface area contributed by atoms with Crippen molar-refractivity contribution >= 4 is 39.9 Å². The highest BCUT2D eigenvalue weighted by Gasteiger charge is 2.16. The third-order valence-corrected chi connectivity index (χ3v) is 6.36. The van der Waals surface area contributed by atoms with Crippen molar-refractivity contribution in [2.45, 2.75) is 19.0 Å². The summed E-state index contributed by atoms with van der Waals surface area (Å²) >= 11 is 1.25. The van der Waals surface area contributed by atoms with Crippen LogP contribution in [0.15, 0.2) is 82.7 Å². The molecule has 1 N–H and O–H groups in total.